The molecule has 0 saturated carbocycles. The van der Waals surface area contributed by atoms with Gasteiger partial charge in [0.15, 0.2) is 5.95 Å². The lowest BCUT2D eigenvalue weighted by Gasteiger charge is -1.92. The minimum Gasteiger partial charge on any atom is -0.369 e. The third-order valence-corrected chi connectivity index (χ3v) is 1.67. The van der Waals surface area contributed by atoms with E-state index in [2.05, 4.69) is 9.97 Å². The van der Waals surface area contributed by atoms with Crippen LogP contribution in [0.3, 0.4) is 0 Å². The quantitative estimate of drug-likeness (QED) is 0.793. The topological polar surface area (TPSA) is 54.7 Å². The van der Waals surface area contributed by atoms with Crippen molar-refractivity contribution in [2.45, 2.75) is 0 Å². The Labute approximate surface area is 94.6 Å². The lowest BCUT2D eigenvalue weighted by Crippen LogP contribution is -1.85. The molecule has 0 bridgehead atoms. The van der Waals surface area contributed by atoms with E-state index in [1.807, 2.05) is 30.3 Å². The molecule has 14 heavy (non-hydrogen) atoms. The maximum absolute atomic E-state index is 5.45. The number of hydrogen-bond donors (Lipinski definition) is 2. The fourth-order valence-electron chi connectivity index (χ4n) is 1.09. The zero-order valence-electron chi connectivity index (χ0n) is 7.31. The van der Waals surface area contributed by atoms with Crippen LogP contribution in [0.2, 0.25) is 0 Å². The first-order valence-corrected chi connectivity index (χ1v) is 3.72. The number of anilines is 1. The second-order valence-electron chi connectivity index (χ2n) is 2.54. The van der Waals surface area contributed by atoms with Crippen LogP contribution in [0.1, 0.15) is 0 Å². The first-order chi connectivity index (χ1) is 5.86. The Morgan fingerprint density at radius 1 is 1.07 bits per heavy atom. The molecule has 76 valence electrons. The van der Waals surface area contributed by atoms with Crippen LogP contribution in [0.15, 0.2) is 36.5 Å². The number of nitrogens with one attached hydrogen (secondary N) is 1. The van der Waals surface area contributed by atoms with Crippen molar-refractivity contribution < 1.29 is 0 Å². The summed E-state index contributed by atoms with van der Waals surface area (Å²) in [5.74, 6) is 0.453. The standard InChI is InChI=1S/C9H9N3.2ClH/c10-9-11-6-8(12-9)7-4-2-1-3-5-7;;/h1-6H,(H3,10,11,12);2*1H. The van der Waals surface area contributed by atoms with Crippen molar-refractivity contribution in [3.8, 4) is 11.3 Å². The Kier molecular flexibility index (Phi) is 5.05. The first-order valence-electron chi connectivity index (χ1n) is 3.72. The van der Waals surface area contributed by atoms with Crippen LogP contribution < -0.4 is 5.73 Å². The normalized spacial score (nSPS) is 8.57. The van der Waals surface area contributed by atoms with E-state index in [0.717, 1.165) is 11.3 Å². The molecule has 0 amide bonds. The summed E-state index contributed by atoms with van der Waals surface area (Å²) in [5.41, 5.74) is 7.41. The molecule has 0 atom stereocenters. The molecular weight excluding hydrogens is 221 g/mol. The molecular formula is C9H11Cl2N3. The van der Waals surface area contributed by atoms with Gasteiger partial charge in [0, 0.05) is 11.8 Å². The molecule has 5 heteroatoms. The molecule has 0 saturated heterocycles. The van der Waals surface area contributed by atoms with E-state index >= 15 is 0 Å². The summed E-state index contributed by atoms with van der Waals surface area (Å²) in [6, 6.07) is 9.91. The molecule has 3 nitrogen and oxygen atoms in total. The zero-order valence-corrected chi connectivity index (χ0v) is 8.94. The van der Waals surface area contributed by atoms with Gasteiger partial charge in [0.1, 0.15) is 0 Å². The molecule has 0 aliphatic heterocycles. The molecule has 3 N–H and O–H groups in total. The summed E-state index contributed by atoms with van der Waals surface area (Å²) < 4.78 is 0. The predicted octanol–water partition coefficient (Wildman–Crippen LogP) is 2.50. The molecule has 1 aromatic carbocycles. The van der Waals surface area contributed by atoms with E-state index < -0.39 is 0 Å². The maximum Gasteiger partial charge on any atom is 0.198 e. The SMILES string of the molecule is Cl.Cl.Nc1nc(-c2ccccc2)c[nH]1. The summed E-state index contributed by atoms with van der Waals surface area (Å²) in [6.07, 6.45) is 1.80. The number of rotatable bonds is 1. The Morgan fingerprint density at radius 2 is 1.71 bits per heavy atom. The van der Waals surface area contributed by atoms with Gasteiger partial charge in [-0.15, -0.1) is 24.8 Å². The average molecular weight is 232 g/mol. The van der Waals surface area contributed by atoms with Crippen LogP contribution in [0, 0.1) is 0 Å². The van der Waals surface area contributed by atoms with Gasteiger partial charge in [-0.2, -0.15) is 0 Å². The zero-order chi connectivity index (χ0) is 8.39. The Hall–Kier alpha value is -1.19. The lowest BCUT2D eigenvalue weighted by atomic mass is 10.2. The van der Waals surface area contributed by atoms with Gasteiger partial charge in [-0.1, -0.05) is 30.3 Å². The molecule has 0 aliphatic rings. The van der Waals surface area contributed by atoms with Crippen molar-refractivity contribution in [3.05, 3.63) is 36.5 Å². The minimum atomic E-state index is 0. The molecule has 0 spiro atoms. The van der Waals surface area contributed by atoms with Gasteiger partial charge in [0.2, 0.25) is 0 Å². The smallest absolute Gasteiger partial charge is 0.198 e. The van der Waals surface area contributed by atoms with E-state index in [1.165, 1.54) is 0 Å². The second kappa shape index (κ2) is 5.52. The van der Waals surface area contributed by atoms with Gasteiger partial charge in [-0.3, -0.25) is 0 Å². The fourth-order valence-corrected chi connectivity index (χ4v) is 1.09. The van der Waals surface area contributed by atoms with Gasteiger partial charge >= 0.3 is 0 Å². The highest BCUT2D eigenvalue weighted by molar-refractivity contribution is 5.85. The second-order valence-corrected chi connectivity index (χ2v) is 2.54. The number of imidazole rings is 1. The first kappa shape index (κ1) is 12.8. The van der Waals surface area contributed by atoms with Crippen LogP contribution in [0.5, 0.6) is 0 Å². The Bertz CT molecular complexity index is 373. The van der Waals surface area contributed by atoms with Gasteiger partial charge in [0.05, 0.1) is 5.69 Å². The minimum absolute atomic E-state index is 0. The highest BCUT2D eigenvalue weighted by atomic mass is 35.5. The summed E-state index contributed by atoms with van der Waals surface area (Å²) in [6.45, 7) is 0. The molecule has 0 radical (unpaired) electrons. The fraction of sp³-hybridized carbons (Fsp3) is 0. The number of halogens is 2. The summed E-state index contributed by atoms with van der Waals surface area (Å²) in [5, 5.41) is 0. The number of hydrogen-bond acceptors (Lipinski definition) is 2. The van der Waals surface area contributed by atoms with Gasteiger partial charge in [-0.05, 0) is 0 Å². The number of H-pyrrole nitrogens is 1. The molecule has 0 aliphatic carbocycles. The van der Waals surface area contributed by atoms with Crippen molar-refractivity contribution in [2.24, 2.45) is 0 Å². The number of aromatic nitrogens is 2. The third kappa shape index (κ3) is 2.65. The van der Waals surface area contributed by atoms with Crippen molar-refractivity contribution in [2.75, 3.05) is 5.73 Å². The molecule has 1 heterocycles. The lowest BCUT2D eigenvalue weighted by molar-refractivity contribution is 1.33. The predicted molar refractivity (Wildman–Crippen MR) is 62.9 cm³/mol. The number of benzene rings is 1. The van der Waals surface area contributed by atoms with Crippen molar-refractivity contribution in [3.63, 3.8) is 0 Å². The van der Waals surface area contributed by atoms with E-state index in [9.17, 15) is 0 Å². The Morgan fingerprint density at radius 3 is 2.21 bits per heavy atom. The van der Waals surface area contributed by atoms with E-state index in [4.69, 9.17) is 5.73 Å². The van der Waals surface area contributed by atoms with Crippen LogP contribution in [0.4, 0.5) is 5.95 Å². The average Bonchev–Trinajstić information content (AvgIpc) is 2.54. The van der Waals surface area contributed by atoms with Crippen LogP contribution in [-0.2, 0) is 0 Å². The number of nitrogens with two attached hydrogens (primary N) is 1. The maximum atomic E-state index is 5.45. The van der Waals surface area contributed by atoms with Gasteiger partial charge < -0.3 is 10.7 Å². The number of aromatic amines is 1. The van der Waals surface area contributed by atoms with Crippen LogP contribution >= 0.6 is 24.8 Å². The summed E-state index contributed by atoms with van der Waals surface area (Å²) in [4.78, 5) is 6.94. The summed E-state index contributed by atoms with van der Waals surface area (Å²) >= 11 is 0. The van der Waals surface area contributed by atoms with Crippen LogP contribution in [-0.4, -0.2) is 9.97 Å². The number of nitrogen functional groups attached to an aromatic ring is 1. The molecule has 2 aromatic rings. The van der Waals surface area contributed by atoms with Crippen LogP contribution in [0.25, 0.3) is 11.3 Å². The number of nitrogens with zero attached hydrogens (tertiary/aromatic N) is 1. The largest absolute Gasteiger partial charge is 0.369 e. The Balaban J connectivity index is 0.000000845. The van der Waals surface area contributed by atoms with E-state index in [-0.39, 0.29) is 24.8 Å². The van der Waals surface area contributed by atoms with Crippen molar-refractivity contribution in [1.29, 1.82) is 0 Å². The van der Waals surface area contributed by atoms with E-state index in [1.54, 1.807) is 6.20 Å². The highest BCUT2D eigenvalue weighted by Crippen LogP contribution is 2.16. The molecule has 0 fully saturated rings. The molecule has 2 rings (SSSR count). The molecule has 0 unspecified atom stereocenters. The monoisotopic (exact) mass is 231 g/mol. The van der Waals surface area contributed by atoms with Crippen molar-refractivity contribution >= 4 is 30.8 Å². The van der Waals surface area contributed by atoms with E-state index in [0.29, 0.717) is 5.95 Å². The highest BCUT2D eigenvalue weighted by Gasteiger charge is 1.98. The third-order valence-electron chi connectivity index (χ3n) is 1.67. The molecule has 1 aromatic heterocycles. The van der Waals surface area contributed by atoms with Gasteiger partial charge in [0.25, 0.3) is 0 Å². The van der Waals surface area contributed by atoms with Crippen molar-refractivity contribution in [1.82, 2.24) is 9.97 Å². The van der Waals surface area contributed by atoms with Gasteiger partial charge in [-0.25, -0.2) is 4.98 Å². The summed E-state index contributed by atoms with van der Waals surface area (Å²) in [7, 11) is 0.